The molecule has 2 aromatic rings. The van der Waals surface area contributed by atoms with Crippen LogP contribution in [0, 0.1) is 0 Å². The number of anilines is 1. The van der Waals surface area contributed by atoms with E-state index in [2.05, 4.69) is 15.6 Å². The molecule has 0 atom stereocenters. The summed E-state index contributed by atoms with van der Waals surface area (Å²) in [5.74, 6) is 0.0120. The standard InChI is InChI=1S/C13H15N3OS/c1-14-13(17)6-10-4-2-3-5-12(10)15-7-11-8-18-9-16-11/h2-5,8-9,15H,6-7H2,1H3,(H,14,17). The van der Waals surface area contributed by atoms with Gasteiger partial charge in [0.25, 0.3) is 0 Å². The van der Waals surface area contributed by atoms with E-state index >= 15 is 0 Å². The summed E-state index contributed by atoms with van der Waals surface area (Å²) in [6.45, 7) is 0.675. The molecule has 1 aromatic carbocycles. The number of hydrogen-bond donors (Lipinski definition) is 2. The van der Waals surface area contributed by atoms with Gasteiger partial charge in [0, 0.05) is 18.1 Å². The zero-order valence-electron chi connectivity index (χ0n) is 10.1. The van der Waals surface area contributed by atoms with E-state index in [9.17, 15) is 4.79 Å². The van der Waals surface area contributed by atoms with Crippen LogP contribution in [0.25, 0.3) is 0 Å². The number of benzene rings is 1. The Hall–Kier alpha value is -1.88. The molecule has 0 aliphatic carbocycles. The average Bonchev–Trinajstić information content (AvgIpc) is 2.91. The van der Waals surface area contributed by atoms with Gasteiger partial charge in [0.05, 0.1) is 24.2 Å². The Morgan fingerprint density at radius 2 is 2.22 bits per heavy atom. The normalized spacial score (nSPS) is 10.1. The van der Waals surface area contributed by atoms with Crippen molar-refractivity contribution in [3.63, 3.8) is 0 Å². The Labute approximate surface area is 110 Å². The van der Waals surface area contributed by atoms with Crippen LogP contribution in [-0.4, -0.2) is 17.9 Å². The van der Waals surface area contributed by atoms with Gasteiger partial charge in [0.1, 0.15) is 0 Å². The average molecular weight is 261 g/mol. The van der Waals surface area contributed by atoms with Gasteiger partial charge in [0.2, 0.25) is 5.91 Å². The lowest BCUT2D eigenvalue weighted by Gasteiger charge is -2.10. The molecule has 5 heteroatoms. The van der Waals surface area contributed by atoms with E-state index in [0.717, 1.165) is 16.9 Å². The highest BCUT2D eigenvalue weighted by atomic mass is 32.1. The highest BCUT2D eigenvalue weighted by molar-refractivity contribution is 7.07. The van der Waals surface area contributed by atoms with Crippen LogP contribution in [0.3, 0.4) is 0 Å². The number of carbonyl (C=O) groups excluding carboxylic acids is 1. The van der Waals surface area contributed by atoms with E-state index in [1.807, 2.05) is 35.2 Å². The molecule has 0 aliphatic rings. The highest BCUT2D eigenvalue weighted by Crippen LogP contribution is 2.16. The minimum atomic E-state index is 0.0120. The molecule has 0 saturated carbocycles. The quantitative estimate of drug-likeness (QED) is 0.866. The van der Waals surface area contributed by atoms with Gasteiger partial charge in [-0.05, 0) is 11.6 Å². The molecule has 2 N–H and O–H groups in total. The Morgan fingerprint density at radius 1 is 1.39 bits per heavy atom. The van der Waals surface area contributed by atoms with Gasteiger partial charge in [-0.15, -0.1) is 11.3 Å². The van der Waals surface area contributed by atoms with Crippen molar-refractivity contribution in [1.82, 2.24) is 10.3 Å². The summed E-state index contributed by atoms with van der Waals surface area (Å²) in [6, 6.07) is 7.83. The first-order valence-electron chi connectivity index (χ1n) is 5.69. The Morgan fingerprint density at radius 3 is 2.94 bits per heavy atom. The van der Waals surface area contributed by atoms with Gasteiger partial charge in [-0.1, -0.05) is 18.2 Å². The fourth-order valence-corrected chi connectivity index (χ4v) is 2.18. The predicted molar refractivity (Wildman–Crippen MR) is 73.7 cm³/mol. The maximum atomic E-state index is 11.4. The van der Waals surface area contributed by atoms with Gasteiger partial charge in [-0.2, -0.15) is 0 Å². The molecule has 0 spiro atoms. The van der Waals surface area contributed by atoms with E-state index in [0.29, 0.717) is 13.0 Å². The van der Waals surface area contributed by atoms with Crippen LogP contribution in [0.4, 0.5) is 5.69 Å². The molecule has 0 aliphatic heterocycles. The first-order chi connectivity index (χ1) is 8.79. The van der Waals surface area contributed by atoms with Crippen molar-refractivity contribution in [3.8, 4) is 0 Å². The van der Waals surface area contributed by atoms with E-state index in [1.54, 1.807) is 18.4 Å². The summed E-state index contributed by atoms with van der Waals surface area (Å²) in [5, 5.41) is 7.95. The van der Waals surface area contributed by atoms with Crippen LogP contribution >= 0.6 is 11.3 Å². The van der Waals surface area contributed by atoms with E-state index in [4.69, 9.17) is 0 Å². The summed E-state index contributed by atoms with van der Waals surface area (Å²) in [5.41, 5.74) is 4.80. The topological polar surface area (TPSA) is 54.0 Å². The molecule has 1 heterocycles. The van der Waals surface area contributed by atoms with E-state index < -0.39 is 0 Å². The minimum Gasteiger partial charge on any atom is -0.379 e. The monoisotopic (exact) mass is 261 g/mol. The Balaban J connectivity index is 2.05. The lowest BCUT2D eigenvalue weighted by atomic mass is 10.1. The van der Waals surface area contributed by atoms with Crippen molar-refractivity contribution in [2.24, 2.45) is 0 Å². The number of carbonyl (C=O) groups is 1. The molecule has 1 amide bonds. The fraction of sp³-hybridized carbons (Fsp3) is 0.231. The number of nitrogens with one attached hydrogen (secondary N) is 2. The minimum absolute atomic E-state index is 0.0120. The third-order valence-electron chi connectivity index (χ3n) is 2.59. The van der Waals surface area contributed by atoms with Crippen LogP contribution in [0.1, 0.15) is 11.3 Å². The molecule has 94 valence electrons. The second kappa shape index (κ2) is 6.16. The van der Waals surface area contributed by atoms with Crippen molar-refractivity contribution in [1.29, 1.82) is 0 Å². The molecule has 0 radical (unpaired) electrons. The number of amides is 1. The van der Waals surface area contributed by atoms with Gasteiger partial charge >= 0.3 is 0 Å². The first-order valence-corrected chi connectivity index (χ1v) is 6.63. The molecule has 0 saturated heterocycles. The molecule has 1 aromatic heterocycles. The lowest BCUT2D eigenvalue weighted by molar-refractivity contribution is -0.119. The van der Waals surface area contributed by atoms with Crippen molar-refractivity contribution >= 4 is 22.9 Å². The largest absolute Gasteiger partial charge is 0.379 e. The van der Waals surface area contributed by atoms with E-state index in [1.165, 1.54) is 0 Å². The molecular weight excluding hydrogens is 246 g/mol. The highest BCUT2D eigenvalue weighted by Gasteiger charge is 2.06. The number of aromatic nitrogens is 1. The number of para-hydroxylation sites is 1. The van der Waals surface area contributed by atoms with Crippen molar-refractivity contribution in [2.75, 3.05) is 12.4 Å². The molecule has 2 rings (SSSR count). The van der Waals surface area contributed by atoms with Crippen molar-refractivity contribution in [3.05, 3.63) is 46.4 Å². The maximum absolute atomic E-state index is 11.4. The molecule has 0 fully saturated rings. The third-order valence-corrected chi connectivity index (χ3v) is 3.23. The molecule has 0 unspecified atom stereocenters. The van der Waals surface area contributed by atoms with Crippen LogP contribution < -0.4 is 10.6 Å². The maximum Gasteiger partial charge on any atom is 0.224 e. The zero-order valence-corrected chi connectivity index (χ0v) is 11.0. The number of thiazole rings is 1. The summed E-state index contributed by atoms with van der Waals surface area (Å²) in [6.07, 6.45) is 0.386. The third kappa shape index (κ3) is 3.30. The van der Waals surface area contributed by atoms with Crippen LogP contribution in [0.2, 0.25) is 0 Å². The van der Waals surface area contributed by atoms with Gasteiger partial charge in [-0.25, -0.2) is 4.98 Å². The summed E-state index contributed by atoms with van der Waals surface area (Å²) < 4.78 is 0. The second-order valence-corrected chi connectivity index (χ2v) is 4.56. The second-order valence-electron chi connectivity index (χ2n) is 3.84. The van der Waals surface area contributed by atoms with Gasteiger partial charge in [-0.3, -0.25) is 4.79 Å². The van der Waals surface area contributed by atoms with Gasteiger partial charge < -0.3 is 10.6 Å². The SMILES string of the molecule is CNC(=O)Cc1ccccc1NCc1cscn1. The molecule has 0 bridgehead atoms. The van der Waals surface area contributed by atoms with Crippen molar-refractivity contribution < 1.29 is 4.79 Å². The first kappa shape index (κ1) is 12.6. The molecular formula is C13H15N3OS. The van der Waals surface area contributed by atoms with Crippen molar-refractivity contribution in [2.45, 2.75) is 13.0 Å². The smallest absolute Gasteiger partial charge is 0.224 e. The number of nitrogens with zero attached hydrogens (tertiary/aromatic N) is 1. The van der Waals surface area contributed by atoms with Crippen LogP contribution in [0.5, 0.6) is 0 Å². The Kier molecular flexibility index (Phi) is 4.30. The summed E-state index contributed by atoms with van der Waals surface area (Å²) in [4.78, 5) is 15.6. The molecule has 18 heavy (non-hydrogen) atoms. The van der Waals surface area contributed by atoms with Crippen LogP contribution in [-0.2, 0) is 17.8 Å². The Bertz CT molecular complexity index is 511. The number of likely N-dealkylation sites (N-methyl/N-ethyl adjacent to an activating group) is 1. The molecule has 4 nitrogen and oxygen atoms in total. The fourth-order valence-electron chi connectivity index (χ4n) is 1.62. The van der Waals surface area contributed by atoms with Crippen LogP contribution in [0.15, 0.2) is 35.2 Å². The van der Waals surface area contributed by atoms with E-state index in [-0.39, 0.29) is 5.91 Å². The lowest BCUT2D eigenvalue weighted by Crippen LogP contribution is -2.20. The summed E-state index contributed by atoms with van der Waals surface area (Å²) >= 11 is 1.58. The number of rotatable bonds is 5. The summed E-state index contributed by atoms with van der Waals surface area (Å²) in [7, 11) is 1.65. The predicted octanol–water partition coefficient (Wildman–Crippen LogP) is 2.04. The van der Waals surface area contributed by atoms with Gasteiger partial charge in [0.15, 0.2) is 0 Å². The zero-order chi connectivity index (χ0) is 12.8. The number of hydrogen-bond acceptors (Lipinski definition) is 4.